The van der Waals surface area contributed by atoms with Crippen LogP contribution in [0.25, 0.3) is 0 Å². The molecule has 18 heavy (non-hydrogen) atoms. The average molecular weight is 274 g/mol. The molecule has 2 N–H and O–H groups in total. The van der Waals surface area contributed by atoms with Gasteiger partial charge in [-0.2, -0.15) is 9.40 Å². The van der Waals surface area contributed by atoms with Crippen LogP contribution in [0.4, 0.5) is 5.82 Å². The van der Waals surface area contributed by atoms with Crippen LogP contribution in [0.2, 0.25) is 0 Å². The molecule has 2 heterocycles. The van der Waals surface area contributed by atoms with Gasteiger partial charge in [0.1, 0.15) is 4.90 Å². The number of nitrogens with two attached hydrogens (primary N) is 1. The summed E-state index contributed by atoms with van der Waals surface area (Å²) in [5, 5.41) is 3.95. The first-order valence-electron chi connectivity index (χ1n) is 5.81. The van der Waals surface area contributed by atoms with E-state index in [4.69, 9.17) is 10.5 Å². The Labute approximate surface area is 107 Å². The van der Waals surface area contributed by atoms with Crippen LogP contribution >= 0.6 is 0 Å². The van der Waals surface area contributed by atoms with E-state index in [0.29, 0.717) is 38.4 Å². The lowest BCUT2D eigenvalue weighted by Gasteiger charge is -2.19. The molecule has 1 saturated heterocycles. The van der Waals surface area contributed by atoms with Crippen LogP contribution in [0.3, 0.4) is 0 Å². The summed E-state index contributed by atoms with van der Waals surface area (Å²) in [4.78, 5) is 0.118. The summed E-state index contributed by atoms with van der Waals surface area (Å²) in [5.74, 6) is 0.0557. The molecule has 1 aromatic heterocycles. The molecule has 1 aliphatic heterocycles. The molecule has 1 fully saturated rings. The van der Waals surface area contributed by atoms with Gasteiger partial charge in [0.25, 0.3) is 0 Å². The molecule has 0 atom stereocenters. The first kappa shape index (κ1) is 13.3. The van der Waals surface area contributed by atoms with Crippen LogP contribution in [0.1, 0.15) is 12.1 Å². The number of nitrogens with zero attached hydrogens (tertiary/aromatic N) is 3. The van der Waals surface area contributed by atoms with Gasteiger partial charge in [-0.05, 0) is 13.3 Å². The zero-order valence-corrected chi connectivity index (χ0v) is 11.4. The molecule has 0 bridgehead atoms. The second-order valence-corrected chi connectivity index (χ2v) is 6.17. The Kier molecular flexibility index (Phi) is 3.60. The summed E-state index contributed by atoms with van der Waals surface area (Å²) in [6, 6.07) is 0. The number of ether oxygens (including phenoxy) is 1. The molecule has 7 nitrogen and oxygen atoms in total. The maximum Gasteiger partial charge on any atom is 0.248 e. The second kappa shape index (κ2) is 4.87. The lowest BCUT2D eigenvalue weighted by Crippen LogP contribution is -2.33. The highest BCUT2D eigenvalue weighted by Gasteiger charge is 2.31. The molecule has 8 heteroatoms. The topological polar surface area (TPSA) is 90.4 Å². The number of hydrogen-bond donors (Lipinski definition) is 1. The normalized spacial score (nSPS) is 18.8. The fraction of sp³-hybridized carbons (Fsp3) is 0.700. The van der Waals surface area contributed by atoms with Crippen LogP contribution in [0, 0.1) is 6.92 Å². The second-order valence-electron chi connectivity index (χ2n) is 4.29. The molecule has 0 unspecified atom stereocenters. The van der Waals surface area contributed by atoms with E-state index in [1.165, 1.54) is 8.99 Å². The Hall–Kier alpha value is -1.12. The third kappa shape index (κ3) is 2.23. The van der Waals surface area contributed by atoms with Gasteiger partial charge in [0.2, 0.25) is 10.0 Å². The highest BCUT2D eigenvalue weighted by Crippen LogP contribution is 2.25. The van der Waals surface area contributed by atoms with Gasteiger partial charge in [0, 0.05) is 26.7 Å². The van der Waals surface area contributed by atoms with E-state index in [-0.39, 0.29) is 10.7 Å². The van der Waals surface area contributed by atoms with Crippen molar-refractivity contribution >= 4 is 15.8 Å². The minimum absolute atomic E-state index is 0.0557. The number of rotatable bonds is 2. The Morgan fingerprint density at radius 3 is 2.67 bits per heavy atom. The van der Waals surface area contributed by atoms with E-state index in [1.54, 1.807) is 14.0 Å². The van der Waals surface area contributed by atoms with Crippen molar-refractivity contribution in [3.8, 4) is 0 Å². The Morgan fingerprint density at radius 2 is 2.06 bits per heavy atom. The summed E-state index contributed by atoms with van der Waals surface area (Å²) in [5.41, 5.74) is 6.26. The van der Waals surface area contributed by atoms with Crippen molar-refractivity contribution in [1.29, 1.82) is 0 Å². The van der Waals surface area contributed by atoms with E-state index in [1.807, 2.05) is 0 Å². The maximum absolute atomic E-state index is 12.5. The largest absolute Gasteiger partial charge is 0.381 e. The van der Waals surface area contributed by atoms with Crippen molar-refractivity contribution in [2.75, 3.05) is 32.0 Å². The molecule has 0 radical (unpaired) electrons. The molecule has 0 saturated carbocycles. The van der Waals surface area contributed by atoms with Crippen molar-refractivity contribution in [3.05, 3.63) is 5.69 Å². The fourth-order valence-electron chi connectivity index (χ4n) is 2.03. The van der Waals surface area contributed by atoms with E-state index < -0.39 is 10.0 Å². The summed E-state index contributed by atoms with van der Waals surface area (Å²) in [7, 11) is -1.90. The van der Waals surface area contributed by atoms with Gasteiger partial charge in [0.05, 0.1) is 12.3 Å². The minimum Gasteiger partial charge on any atom is -0.381 e. The molecule has 102 valence electrons. The number of nitrogen functional groups attached to an aromatic ring is 1. The first-order valence-corrected chi connectivity index (χ1v) is 7.25. The highest BCUT2D eigenvalue weighted by atomic mass is 32.2. The van der Waals surface area contributed by atoms with Gasteiger partial charge in [-0.15, -0.1) is 0 Å². The zero-order chi connectivity index (χ0) is 13.3. The van der Waals surface area contributed by atoms with Crippen LogP contribution in [0.15, 0.2) is 4.90 Å². The molecule has 0 aliphatic carbocycles. The fourth-order valence-corrected chi connectivity index (χ4v) is 3.78. The van der Waals surface area contributed by atoms with Gasteiger partial charge >= 0.3 is 0 Å². The maximum atomic E-state index is 12.5. The number of anilines is 1. The predicted molar refractivity (Wildman–Crippen MR) is 66.6 cm³/mol. The summed E-state index contributed by atoms with van der Waals surface area (Å²) in [6.07, 6.45) is 0.693. The van der Waals surface area contributed by atoms with Crippen LogP contribution in [-0.2, 0) is 21.8 Å². The summed E-state index contributed by atoms with van der Waals surface area (Å²) < 4.78 is 33.2. The number of aryl methyl sites for hydroxylation is 1. The molecule has 0 aromatic carbocycles. The first-order chi connectivity index (χ1) is 8.44. The molecule has 0 amide bonds. The Bertz CT molecular complexity index is 530. The predicted octanol–water partition coefficient (Wildman–Crippen LogP) is -0.278. The van der Waals surface area contributed by atoms with E-state index in [2.05, 4.69) is 5.10 Å². The van der Waals surface area contributed by atoms with Crippen LogP contribution in [0.5, 0.6) is 0 Å². The van der Waals surface area contributed by atoms with Crippen molar-refractivity contribution in [3.63, 3.8) is 0 Å². The zero-order valence-electron chi connectivity index (χ0n) is 10.6. The SMILES string of the molecule is Cc1c(S(=O)(=O)N2CCCOCC2)c(N)nn1C. The molecule has 0 spiro atoms. The van der Waals surface area contributed by atoms with Crippen molar-refractivity contribution in [2.45, 2.75) is 18.2 Å². The minimum atomic E-state index is -3.58. The third-order valence-electron chi connectivity index (χ3n) is 3.08. The highest BCUT2D eigenvalue weighted by molar-refractivity contribution is 7.89. The molecule has 1 aromatic rings. The van der Waals surface area contributed by atoms with Crippen LogP contribution < -0.4 is 5.73 Å². The van der Waals surface area contributed by atoms with E-state index >= 15 is 0 Å². The third-order valence-corrected chi connectivity index (χ3v) is 5.15. The van der Waals surface area contributed by atoms with Gasteiger partial charge in [0.15, 0.2) is 5.82 Å². The average Bonchev–Trinajstić information content (AvgIpc) is 2.51. The van der Waals surface area contributed by atoms with E-state index in [0.717, 1.165) is 0 Å². The van der Waals surface area contributed by atoms with Crippen LogP contribution in [-0.4, -0.2) is 48.8 Å². The van der Waals surface area contributed by atoms with E-state index in [9.17, 15) is 8.42 Å². The number of sulfonamides is 1. The van der Waals surface area contributed by atoms with Crippen molar-refractivity contribution < 1.29 is 13.2 Å². The summed E-state index contributed by atoms with van der Waals surface area (Å²) >= 11 is 0. The Balaban J connectivity index is 2.40. The van der Waals surface area contributed by atoms with Gasteiger partial charge < -0.3 is 10.5 Å². The number of aromatic nitrogens is 2. The molecular formula is C10H18N4O3S. The Morgan fingerprint density at radius 1 is 1.33 bits per heavy atom. The van der Waals surface area contributed by atoms with Gasteiger partial charge in [-0.3, -0.25) is 4.68 Å². The summed E-state index contributed by atoms with van der Waals surface area (Å²) in [6.45, 7) is 3.52. The van der Waals surface area contributed by atoms with Gasteiger partial charge in [-0.1, -0.05) is 0 Å². The van der Waals surface area contributed by atoms with Crippen molar-refractivity contribution in [1.82, 2.24) is 14.1 Å². The smallest absolute Gasteiger partial charge is 0.248 e. The molecular weight excluding hydrogens is 256 g/mol. The molecule has 1 aliphatic rings. The molecule has 2 rings (SSSR count). The number of hydrogen-bond acceptors (Lipinski definition) is 5. The monoisotopic (exact) mass is 274 g/mol. The quantitative estimate of drug-likeness (QED) is 0.801. The lowest BCUT2D eigenvalue weighted by atomic mass is 10.4. The standard InChI is InChI=1S/C10H18N4O3S/c1-8-9(10(11)12-13(8)2)18(15,16)14-4-3-6-17-7-5-14/h3-7H2,1-2H3,(H2,11,12). The van der Waals surface area contributed by atoms with Crippen molar-refractivity contribution in [2.24, 2.45) is 7.05 Å². The lowest BCUT2D eigenvalue weighted by molar-refractivity contribution is 0.148. The van der Waals surface area contributed by atoms with Gasteiger partial charge in [-0.25, -0.2) is 8.42 Å².